The first-order valence-corrected chi connectivity index (χ1v) is 9.93. The van der Waals surface area contributed by atoms with Gasteiger partial charge in [0.25, 0.3) is 0 Å². The summed E-state index contributed by atoms with van der Waals surface area (Å²) in [7, 11) is 0. The van der Waals surface area contributed by atoms with E-state index >= 15 is 0 Å². The Morgan fingerprint density at radius 2 is 1.43 bits per heavy atom. The van der Waals surface area contributed by atoms with E-state index in [4.69, 9.17) is 0 Å². The van der Waals surface area contributed by atoms with Gasteiger partial charge in [-0.1, -0.05) is 74.8 Å². The van der Waals surface area contributed by atoms with E-state index in [-0.39, 0.29) is 0 Å². The fourth-order valence-electron chi connectivity index (χ4n) is 0.968. The summed E-state index contributed by atoms with van der Waals surface area (Å²) in [4.78, 5) is 3.98. The van der Waals surface area contributed by atoms with Crippen molar-refractivity contribution in [1.82, 2.24) is 4.98 Å². The minimum Gasteiger partial charge on any atom is -0.262 e. The molecule has 1 nitrogen and oxygen atoms in total. The Balaban J connectivity index is -0.0000000944. The Hall–Kier alpha value is -0.500. The van der Waals surface area contributed by atoms with Gasteiger partial charge in [0.2, 0.25) is 0 Å². The maximum Gasteiger partial charge on any atom is 0.0372 e. The molecule has 21 heavy (non-hydrogen) atoms. The standard InChI is InChI=1S/C6H7N.C5H10S.4C2H6/c1-6-4-2-3-5-7-6;1-2-5-3-6-4-5;4*1-2/h2-5H,1H3;5H,2-4H2,1H3;4*1-2H3. The molecule has 0 radical (unpaired) electrons. The fourth-order valence-corrected chi connectivity index (χ4v) is 2.01. The highest BCUT2D eigenvalue weighted by molar-refractivity contribution is 8.00. The number of pyridine rings is 1. The van der Waals surface area contributed by atoms with Gasteiger partial charge in [0.15, 0.2) is 0 Å². The average molecular weight is 316 g/mol. The van der Waals surface area contributed by atoms with Gasteiger partial charge in [-0.3, -0.25) is 4.98 Å². The summed E-state index contributed by atoms with van der Waals surface area (Å²) in [6.45, 7) is 20.2. The molecule has 0 spiro atoms. The van der Waals surface area contributed by atoms with Crippen molar-refractivity contribution >= 4 is 11.8 Å². The minimum absolute atomic E-state index is 1.07. The van der Waals surface area contributed by atoms with Crippen LogP contribution in [0.3, 0.4) is 0 Å². The molecule has 1 aromatic heterocycles. The van der Waals surface area contributed by atoms with Crippen LogP contribution in [-0.2, 0) is 0 Å². The molecule has 0 atom stereocenters. The second-order valence-corrected chi connectivity index (χ2v) is 4.36. The van der Waals surface area contributed by atoms with Crippen molar-refractivity contribution in [3.8, 4) is 0 Å². The van der Waals surface area contributed by atoms with Gasteiger partial charge in [0.05, 0.1) is 0 Å². The van der Waals surface area contributed by atoms with E-state index in [0.29, 0.717) is 0 Å². The molecule has 0 aromatic carbocycles. The second-order valence-electron chi connectivity index (χ2n) is 3.28. The van der Waals surface area contributed by atoms with Crippen LogP contribution in [0.5, 0.6) is 0 Å². The molecule has 2 heteroatoms. The van der Waals surface area contributed by atoms with E-state index in [1.165, 1.54) is 17.9 Å². The van der Waals surface area contributed by atoms with Crippen molar-refractivity contribution in [1.29, 1.82) is 0 Å². The van der Waals surface area contributed by atoms with Gasteiger partial charge in [-0.15, -0.1) is 0 Å². The molecule has 1 fully saturated rings. The molecule has 1 saturated heterocycles. The van der Waals surface area contributed by atoms with Gasteiger partial charge in [0, 0.05) is 11.9 Å². The molecule has 0 amide bonds. The summed E-state index contributed by atoms with van der Waals surface area (Å²) in [5.74, 6) is 3.93. The first-order chi connectivity index (χ1) is 10.3. The lowest BCUT2D eigenvalue weighted by Crippen LogP contribution is -2.15. The summed E-state index contributed by atoms with van der Waals surface area (Å²) in [6.07, 6.45) is 3.18. The van der Waals surface area contributed by atoms with Gasteiger partial charge < -0.3 is 0 Å². The number of nitrogens with zero attached hydrogens (tertiary/aromatic N) is 1. The van der Waals surface area contributed by atoms with Crippen molar-refractivity contribution in [2.45, 2.75) is 75.7 Å². The summed E-state index contributed by atoms with van der Waals surface area (Å²) in [5.41, 5.74) is 1.07. The third kappa shape index (κ3) is 24.9. The van der Waals surface area contributed by atoms with Gasteiger partial charge in [-0.05, 0) is 36.5 Å². The van der Waals surface area contributed by atoms with Crippen LogP contribution < -0.4 is 0 Å². The summed E-state index contributed by atoms with van der Waals surface area (Å²) >= 11 is 2.07. The van der Waals surface area contributed by atoms with Gasteiger partial charge in [-0.25, -0.2) is 0 Å². The first-order valence-electron chi connectivity index (χ1n) is 8.78. The lowest BCUT2D eigenvalue weighted by Gasteiger charge is -2.22. The Labute approximate surface area is 140 Å². The Bertz CT molecular complexity index is 218. The van der Waals surface area contributed by atoms with Gasteiger partial charge in [0.1, 0.15) is 0 Å². The van der Waals surface area contributed by atoms with E-state index in [0.717, 1.165) is 11.6 Å². The third-order valence-electron chi connectivity index (χ3n) is 2.10. The summed E-state index contributed by atoms with van der Waals surface area (Å²) in [5, 5.41) is 0. The first kappa shape index (κ1) is 28.6. The lowest BCUT2D eigenvalue weighted by molar-refractivity contribution is 0.617. The highest BCUT2D eigenvalue weighted by Crippen LogP contribution is 2.26. The Morgan fingerprint density at radius 1 is 0.952 bits per heavy atom. The number of aryl methyl sites for hydroxylation is 1. The molecule has 2 rings (SSSR count). The van der Waals surface area contributed by atoms with Crippen LogP contribution in [0.15, 0.2) is 24.4 Å². The number of rotatable bonds is 1. The molecule has 0 saturated carbocycles. The predicted octanol–water partition coefficient (Wildman–Crippen LogP) is 7.25. The highest BCUT2D eigenvalue weighted by Gasteiger charge is 2.14. The summed E-state index contributed by atoms with van der Waals surface area (Å²) < 4.78 is 0. The molecule has 0 bridgehead atoms. The molecule has 1 aliphatic heterocycles. The van der Waals surface area contributed by atoms with Crippen LogP contribution in [0.25, 0.3) is 0 Å². The number of hydrogen-bond acceptors (Lipinski definition) is 2. The van der Waals surface area contributed by atoms with Crippen molar-refractivity contribution in [3.63, 3.8) is 0 Å². The SMILES string of the molecule is CC.CC.CC.CC.CCC1CSC1.Cc1ccccn1. The zero-order chi connectivity index (χ0) is 17.5. The molecule has 0 aliphatic carbocycles. The molecule has 0 N–H and O–H groups in total. The van der Waals surface area contributed by atoms with Crippen molar-refractivity contribution in [3.05, 3.63) is 30.1 Å². The maximum absolute atomic E-state index is 3.98. The van der Waals surface area contributed by atoms with E-state index in [1.54, 1.807) is 6.20 Å². The van der Waals surface area contributed by atoms with Crippen molar-refractivity contribution in [2.24, 2.45) is 5.92 Å². The zero-order valence-corrected chi connectivity index (χ0v) is 17.2. The second kappa shape index (κ2) is 31.7. The Kier molecular flexibility index (Phi) is 43.3. The minimum atomic E-state index is 1.07. The number of thioether (sulfide) groups is 1. The molecule has 1 aromatic rings. The molecule has 2 heterocycles. The Morgan fingerprint density at radius 3 is 1.52 bits per heavy atom. The van der Waals surface area contributed by atoms with Crippen LogP contribution in [0, 0.1) is 12.8 Å². The lowest BCUT2D eigenvalue weighted by atomic mass is 10.1. The quantitative estimate of drug-likeness (QED) is 0.541. The fraction of sp³-hybridized carbons (Fsp3) is 0.737. The van der Waals surface area contributed by atoms with E-state index < -0.39 is 0 Å². The van der Waals surface area contributed by atoms with E-state index in [2.05, 4.69) is 23.7 Å². The molecular formula is C19H41NS. The topological polar surface area (TPSA) is 12.9 Å². The van der Waals surface area contributed by atoms with Crippen LogP contribution in [0.1, 0.15) is 74.4 Å². The predicted molar refractivity (Wildman–Crippen MR) is 105 cm³/mol. The van der Waals surface area contributed by atoms with Crippen molar-refractivity contribution in [2.75, 3.05) is 11.5 Å². The smallest absolute Gasteiger partial charge is 0.0372 e. The molecule has 1 aliphatic rings. The van der Waals surface area contributed by atoms with Crippen molar-refractivity contribution < 1.29 is 0 Å². The third-order valence-corrected chi connectivity index (χ3v) is 3.51. The van der Waals surface area contributed by atoms with Crippen LogP contribution in [0.2, 0.25) is 0 Å². The molecule has 0 unspecified atom stereocenters. The average Bonchev–Trinajstić information content (AvgIpc) is 2.55. The largest absolute Gasteiger partial charge is 0.262 e. The zero-order valence-electron chi connectivity index (χ0n) is 16.4. The monoisotopic (exact) mass is 315 g/mol. The van der Waals surface area contributed by atoms with Crippen LogP contribution >= 0.6 is 11.8 Å². The molecule has 128 valence electrons. The highest BCUT2D eigenvalue weighted by atomic mass is 32.2. The van der Waals surface area contributed by atoms with Gasteiger partial charge in [-0.2, -0.15) is 11.8 Å². The van der Waals surface area contributed by atoms with E-state index in [1.807, 2.05) is 80.5 Å². The van der Waals surface area contributed by atoms with Crippen LogP contribution in [0.4, 0.5) is 0 Å². The summed E-state index contributed by atoms with van der Waals surface area (Å²) in [6, 6.07) is 5.86. The van der Waals surface area contributed by atoms with Crippen LogP contribution in [-0.4, -0.2) is 16.5 Å². The normalized spacial score (nSPS) is 10.8. The molecular weight excluding hydrogens is 274 g/mol. The van der Waals surface area contributed by atoms with Gasteiger partial charge >= 0.3 is 0 Å². The maximum atomic E-state index is 3.98. The number of aromatic nitrogens is 1. The number of hydrogen-bond donors (Lipinski definition) is 0. The van der Waals surface area contributed by atoms with E-state index in [9.17, 15) is 0 Å².